The van der Waals surface area contributed by atoms with Gasteiger partial charge in [-0.15, -0.1) is 11.6 Å². The number of benzene rings is 1. The van der Waals surface area contributed by atoms with E-state index in [2.05, 4.69) is 10.3 Å². The summed E-state index contributed by atoms with van der Waals surface area (Å²) >= 11 is 5.83. The monoisotopic (exact) mass is 294 g/mol. The molecule has 0 spiro atoms. The van der Waals surface area contributed by atoms with E-state index in [9.17, 15) is 0 Å². The molecule has 2 aromatic rings. The molecular formula is C15H19ClN2O2. The van der Waals surface area contributed by atoms with Crippen molar-refractivity contribution < 1.29 is 9.47 Å². The van der Waals surface area contributed by atoms with E-state index in [-0.39, 0.29) is 6.04 Å². The van der Waals surface area contributed by atoms with E-state index in [1.807, 2.05) is 24.3 Å². The van der Waals surface area contributed by atoms with Gasteiger partial charge in [0.2, 0.25) is 0 Å². The maximum atomic E-state index is 5.83. The minimum atomic E-state index is 0.141. The summed E-state index contributed by atoms with van der Waals surface area (Å²) in [4.78, 5) is 4.42. The highest BCUT2D eigenvalue weighted by Gasteiger charge is 2.11. The normalized spacial score (nSPS) is 12.3. The lowest BCUT2D eigenvalue weighted by molar-refractivity contribution is 0.184. The largest absolute Gasteiger partial charge is 0.497 e. The number of rotatable bonds is 7. The number of hydrogen-bond acceptors (Lipinski definition) is 4. The van der Waals surface area contributed by atoms with Crippen molar-refractivity contribution in [3.8, 4) is 5.75 Å². The molecule has 2 rings (SSSR count). The number of alkyl halides is 1. The van der Waals surface area contributed by atoms with Crippen LogP contribution in [-0.4, -0.2) is 37.7 Å². The van der Waals surface area contributed by atoms with Crippen LogP contribution in [-0.2, 0) is 4.74 Å². The molecule has 1 unspecified atom stereocenters. The second-order valence-electron chi connectivity index (χ2n) is 4.52. The summed E-state index contributed by atoms with van der Waals surface area (Å²) < 4.78 is 10.5. The SMILES string of the molecule is COCC(CCCl)Nc1nccc2ccc(OC)cc12. The second-order valence-corrected chi connectivity index (χ2v) is 4.90. The van der Waals surface area contributed by atoms with Crippen molar-refractivity contribution in [2.45, 2.75) is 12.5 Å². The average molecular weight is 295 g/mol. The molecular weight excluding hydrogens is 276 g/mol. The molecule has 1 aromatic carbocycles. The van der Waals surface area contributed by atoms with Crippen LogP contribution in [0.1, 0.15) is 6.42 Å². The number of methoxy groups -OCH3 is 2. The third-order valence-electron chi connectivity index (χ3n) is 3.14. The molecule has 0 fully saturated rings. The molecule has 0 aliphatic heterocycles. The molecule has 1 heterocycles. The molecule has 4 nitrogen and oxygen atoms in total. The van der Waals surface area contributed by atoms with Gasteiger partial charge in [-0.05, 0) is 30.0 Å². The fraction of sp³-hybridized carbons (Fsp3) is 0.400. The summed E-state index contributed by atoms with van der Waals surface area (Å²) in [5, 5.41) is 5.55. The predicted octanol–water partition coefficient (Wildman–Crippen LogP) is 3.30. The summed E-state index contributed by atoms with van der Waals surface area (Å²) in [5.74, 6) is 2.22. The highest BCUT2D eigenvalue weighted by Crippen LogP contribution is 2.26. The predicted molar refractivity (Wildman–Crippen MR) is 82.9 cm³/mol. The molecule has 1 atom stereocenters. The van der Waals surface area contributed by atoms with Gasteiger partial charge in [0.25, 0.3) is 0 Å². The molecule has 0 radical (unpaired) electrons. The summed E-state index contributed by atoms with van der Waals surface area (Å²) in [5.41, 5.74) is 0. The molecule has 108 valence electrons. The molecule has 0 aliphatic carbocycles. The fourth-order valence-electron chi connectivity index (χ4n) is 2.11. The highest BCUT2D eigenvalue weighted by molar-refractivity contribution is 6.17. The standard InChI is InChI=1S/C15H19ClN2O2/c1-19-10-12(5-7-16)18-15-14-9-13(20-2)4-3-11(14)6-8-17-15/h3-4,6,8-9,12H,5,7,10H2,1-2H3,(H,17,18). The molecule has 5 heteroatoms. The van der Waals surface area contributed by atoms with Crippen molar-refractivity contribution in [2.75, 3.05) is 32.0 Å². The number of fused-ring (bicyclic) bond motifs is 1. The minimum absolute atomic E-state index is 0.141. The maximum absolute atomic E-state index is 5.83. The van der Waals surface area contributed by atoms with Crippen LogP contribution in [0.2, 0.25) is 0 Å². The Morgan fingerprint density at radius 1 is 1.30 bits per heavy atom. The van der Waals surface area contributed by atoms with Gasteiger partial charge < -0.3 is 14.8 Å². The van der Waals surface area contributed by atoms with Crippen LogP contribution >= 0.6 is 11.6 Å². The molecule has 0 saturated carbocycles. The number of ether oxygens (including phenoxy) is 2. The number of nitrogens with zero attached hydrogens (tertiary/aromatic N) is 1. The first-order valence-electron chi connectivity index (χ1n) is 6.52. The average Bonchev–Trinajstić information content (AvgIpc) is 2.47. The second kappa shape index (κ2) is 7.31. The third kappa shape index (κ3) is 3.52. The maximum Gasteiger partial charge on any atom is 0.134 e. The molecule has 0 aliphatic rings. The molecule has 1 aromatic heterocycles. The zero-order chi connectivity index (χ0) is 14.4. The van der Waals surface area contributed by atoms with Crippen LogP contribution in [0.3, 0.4) is 0 Å². The molecule has 0 amide bonds. The number of aromatic nitrogens is 1. The lowest BCUT2D eigenvalue weighted by Gasteiger charge is -2.18. The smallest absolute Gasteiger partial charge is 0.134 e. The van der Waals surface area contributed by atoms with Gasteiger partial charge in [0.05, 0.1) is 19.8 Å². The van der Waals surface area contributed by atoms with Crippen LogP contribution in [0.15, 0.2) is 30.5 Å². The summed E-state index contributed by atoms with van der Waals surface area (Å²) in [7, 11) is 3.34. The summed E-state index contributed by atoms with van der Waals surface area (Å²) in [6.45, 7) is 0.592. The van der Waals surface area contributed by atoms with Gasteiger partial charge in [-0.2, -0.15) is 0 Å². The van der Waals surface area contributed by atoms with Gasteiger partial charge in [-0.25, -0.2) is 4.98 Å². The lowest BCUT2D eigenvalue weighted by atomic mass is 10.1. The first-order valence-corrected chi connectivity index (χ1v) is 7.06. The Balaban J connectivity index is 2.32. The minimum Gasteiger partial charge on any atom is -0.497 e. The Hall–Kier alpha value is -1.52. The molecule has 0 bridgehead atoms. The van der Waals surface area contributed by atoms with Crippen molar-refractivity contribution in [3.63, 3.8) is 0 Å². The van der Waals surface area contributed by atoms with E-state index in [1.54, 1.807) is 20.4 Å². The van der Waals surface area contributed by atoms with Crippen molar-refractivity contribution in [1.29, 1.82) is 0 Å². The first-order chi connectivity index (χ1) is 9.78. The van der Waals surface area contributed by atoms with Crippen molar-refractivity contribution in [2.24, 2.45) is 0 Å². The number of anilines is 1. The van der Waals surface area contributed by atoms with Crippen LogP contribution < -0.4 is 10.1 Å². The van der Waals surface area contributed by atoms with Gasteiger partial charge in [0, 0.05) is 24.6 Å². The van der Waals surface area contributed by atoms with E-state index >= 15 is 0 Å². The Labute approximate surface area is 124 Å². The van der Waals surface area contributed by atoms with Gasteiger partial charge in [-0.3, -0.25) is 0 Å². The molecule has 20 heavy (non-hydrogen) atoms. The van der Waals surface area contributed by atoms with Gasteiger partial charge in [-0.1, -0.05) is 6.07 Å². The van der Waals surface area contributed by atoms with Crippen molar-refractivity contribution in [1.82, 2.24) is 4.98 Å². The Morgan fingerprint density at radius 3 is 2.85 bits per heavy atom. The van der Waals surface area contributed by atoms with Gasteiger partial charge >= 0.3 is 0 Å². The summed E-state index contributed by atoms with van der Waals surface area (Å²) in [6, 6.07) is 8.06. The highest BCUT2D eigenvalue weighted by atomic mass is 35.5. The number of halogens is 1. The van der Waals surface area contributed by atoms with Crippen LogP contribution in [0, 0.1) is 0 Å². The topological polar surface area (TPSA) is 43.4 Å². The lowest BCUT2D eigenvalue weighted by Crippen LogP contribution is -2.26. The third-order valence-corrected chi connectivity index (χ3v) is 3.36. The van der Waals surface area contributed by atoms with E-state index in [1.165, 1.54) is 0 Å². The van der Waals surface area contributed by atoms with Gasteiger partial charge in [0.15, 0.2) is 0 Å². The number of hydrogen-bond donors (Lipinski definition) is 1. The van der Waals surface area contributed by atoms with E-state index in [0.29, 0.717) is 12.5 Å². The Bertz CT molecular complexity index is 557. The fourth-order valence-corrected chi connectivity index (χ4v) is 2.38. The number of nitrogens with one attached hydrogen (secondary N) is 1. The Morgan fingerprint density at radius 2 is 2.15 bits per heavy atom. The zero-order valence-electron chi connectivity index (χ0n) is 11.7. The van der Waals surface area contributed by atoms with Crippen molar-refractivity contribution >= 4 is 28.2 Å². The van der Waals surface area contributed by atoms with E-state index < -0.39 is 0 Å². The van der Waals surface area contributed by atoms with Crippen LogP contribution in [0.4, 0.5) is 5.82 Å². The molecule has 1 N–H and O–H groups in total. The van der Waals surface area contributed by atoms with Crippen LogP contribution in [0.5, 0.6) is 5.75 Å². The number of pyridine rings is 1. The van der Waals surface area contributed by atoms with Crippen molar-refractivity contribution in [3.05, 3.63) is 30.5 Å². The Kier molecular flexibility index (Phi) is 5.44. The van der Waals surface area contributed by atoms with Crippen LogP contribution in [0.25, 0.3) is 10.8 Å². The van der Waals surface area contributed by atoms with E-state index in [0.717, 1.165) is 28.8 Å². The first kappa shape index (κ1) is 14.9. The van der Waals surface area contributed by atoms with Gasteiger partial charge in [0.1, 0.15) is 11.6 Å². The van der Waals surface area contributed by atoms with E-state index in [4.69, 9.17) is 21.1 Å². The quantitative estimate of drug-likeness (QED) is 0.796. The summed E-state index contributed by atoms with van der Waals surface area (Å²) in [6.07, 6.45) is 2.61. The molecule has 0 saturated heterocycles. The zero-order valence-corrected chi connectivity index (χ0v) is 12.5.